The number of aromatic nitrogens is 1. The zero-order valence-corrected chi connectivity index (χ0v) is 26.5. The largest absolute Gasteiger partial charge is 0.463 e. The Morgan fingerprint density at radius 3 is 2.27 bits per heavy atom. The third kappa shape index (κ3) is 4.13. The molecule has 0 bridgehead atoms. The number of carbonyl (C=O) groups excluding carboxylic acids is 4. The van der Waals surface area contributed by atoms with Gasteiger partial charge < -0.3 is 13.9 Å². The van der Waals surface area contributed by atoms with Gasteiger partial charge in [-0.25, -0.2) is 9.88 Å². The van der Waals surface area contributed by atoms with Crippen LogP contribution in [0.15, 0.2) is 111 Å². The number of benzene rings is 3. The van der Waals surface area contributed by atoms with Crippen molar-refractivity contribution in [2.24, 2.45) is 29.1 Å². The minimum Gasteiger partial charge on any atom is -0.463 e. The number of carbonyl (C=O) groups is 4. The molecular formula is C39H31N3O7. The molecule has 4 aliphatic rings. The summed E-state index contributed by atoms with van der Waals surface area (Å²) in [6, 6.07) is 26.7. The molecule has 2 saturated heterocycles. The Morgan fingerprint density at radius 2 is 1.53 bits per heavy atom. The Bertz CT molecular complexity index is 2180. The van der Waals surface area contributed by atoms with Gasteiger partial charge in [-0.3, -0.25) is 24.1 Å². The van der Waals surface area contributed by atoms with Crippen LogP contribution in [0.2, 0.25) is 0 Å². The molecule has 0 radical (unpaired) electrons. The molecule has 4 amide bonds. The zero-order valence-electron chi connectivity index (χ0n) is 26.5. The van der Waals surface area contributed by atoms with Crippen molar-refractivity contribution in [2.45, 2.75) is 32.3 Å². The molecule has 3 fully saturated rings. The summed E-state index contributed by atoms with van der Waals surface area (Å²) in [4.78, 5) is 64.1. The van der Waals surface area contributed by atoms with Gasteiger partial charge in [0.25, 0.3) is 0 Å². The number of hydrogen-bond acceptors (Lipinski definition) is 8. The van der Waals surface area contributed by atoms with Crippen molar-refractivity contribution < 1.29 is 33.1 Å². The van der Waals surface area contributed by atoms with Crippen LogP contribution in [0, 0.1) is 29.1 Å². The number of para-hydroxylation sites is 3. The molecular weight excluding hydrogens is 622 g/mol. The zero-order chi connectivity index (χ0) is 33.6. The molecule has 4 heterocycles. The average molecular weight is 654 g/mol. The van der Waals surface area contributed by atoms with E-state index in [-0.39, 0.29) is 36.7 Å². The molecule has 6 unspecified atom stereocenters. The van der Waals surface area contributed by atoms with Gasteiger partial charge >= 0.3 is 0 Å². The van der Waals surface area contributed by atoms with E-state index >= 15 is 0 Å². The maximum atomic E-state index is 14.4. The average Bonchev–Trinajstić information content (AvgIpc) is 3.88. The molecule has 244 valence electrons. The number of amides is 4. The first kappa shape index (κ1) is 29.5. The van der Waals surface area contributed by atoms with E-state index < -0.39 is 35.0 Å². The number of allylic oxidation sites excluding steroid dienone is 2. The molecule has 49 heavy (non-hydrogen) atoms. The lowest BCUT2D eigenvalue weighted by Gasteiger charge is -2.48. The van der Waals surface area contributed by atoms with Crippen LogP contribution in [0.1, 0.15) is 37.2 Å². The minimum absolute atomic E-state index is 0.241. The predicted molar refractivity (Wildman–Crippen MR) is 178 cm³/mol. The van der Waals surface area contributed by atoms with Gasteiger partial charge in [0, 0.05) is 5.56 Å². The van der Waals surface area contributed by atoms with Crippen molar-refractivity contribution in [1.82, 2.24) is 4.98 Å². The van der Waals surface area contributed by atoms with E-state index in [4.69, 9.17) is 8.83 Å². The number of aliphatic hydroxyl groups is 1. The Kier molecular flexibility index (Phi) is 6.45. The van der Waals surface area contributed by atoms with Crippen molar-refractivity contribution in [1.29, 1.82) is 0 Å². The number of aliphatic hydroxyl groups excluding tert-OH is 1. The van der Waals surface area contributed by atoms with Gasteiger partial charge in [-0.1, -0.05) is 42.0 Å². The second-order valence-corrected chi connectivity index (χ2v) is 13.5. The Labute approximate surface area is 280 Å². The smallest absolute Gasteiger partial charge is 0.241 e. The fourth-order valence-electron chi connectivity index (χ4n) is 8.78. The summed E-state index contributed by atoms with van der Waals surface area (Å²) in [6.07, 6.45) is 2.53. The second-order valence-electron chi connectivity index (χ2n) is 13.5. The minimum atomic E-state index is -1.21. The summed E-state index contributed by atoms with van der Waals surface area (Å²) in [5.41, 5.74) is 2.65. The lowest BCUT2D eigenvalue weighted by molar-refractivity contribution is -0.131. The van der Waals surface area contributed by atoms with E-state index in [0.717, 1.165) is 11.1 Å². The Hall–Kier alpha value is -5.61. The third-order valence-corrected chi connectivity index (χ3v) is 11.1. The number of imide groups is 2. The number of anilines is 2. The van der Waals surface area contributed by atoms with Crippen LogP contribution in [0.3, 0.4) is 0 Å². The van der Waals surface area contributed by atoms with Crippen LogP contribution in [-0.4, -0.2) is 33.7 Å². The van der Waals surface area contributed by atoms with E-state index in [0.29, 0.717) is 46.4 Å². The standard InChI is InChI=1S/C39H31N3O7/c1-39-28(36(45)42(38(39)47)22-7-3-2-4-8-22)19-27-25(33(39)31-18-15-24(20-43)48-31)16-17-26-32(27)37(46)41(35(26)44)23-13-11-21(12-14-23)34-40-29-9-5-6-10-30(29)49-34/h2-16,18,26-28,32-33,43H,17,19-20H2,1H3. The molecule has 6 atom stereocenters. The van der Waals surface area contributed by atoms with Crippen LogP contribution in [0.25, 0.3) is 22.6 Å². The van der Waals surface area contributed by atoms with Gasteiger partial charge in [0.2, 0.25) is 29.5 Å². The maximum absolute atomic E-state index is 14.4. The first-order chi connectivity index (χ1) is 23.8. The van der Waals surface area contributed by atoms with Gasteiger partial charge in [0.15, 0.2) is 5.58 Å². The van der Waals surface area contributed by atoms with E-state index in [1.807, 2.05) is 43.3 Å². The first-order valence-corrected chi connectivity index (χ1v) is 16.5. The summed E-state index contributed by atoms with van der Waals surface area (Å²) in [5.74, 6) is -3.28. The number of nitrogens with zero attached hydrogens (tertiary/aromatic N) is 3. The highest BCUT2D eigenvalue weighted by Gasteiger charge is 2.68. The second kappa shape index (κ2) is 10.7. The highest BCUT2D eigenvalue weighted by atomic mass is 16.4. The summed E-state index contributed by atoms with van der Waals surface area (Å²) < 4.78 is 12.0. The molecule has 10 nitrogen and oxygen atoms in total. The van der Waals surface area contributed by atoms with Crippen molar-refractivity contribution in [3.05, 3.63) is 114 Å². The molecule has 3 aromatic carbocycles. The van der Waals surface area contributed by atoms with Crippen molar-refractivity contribution in [2.75, 3.05) is 9.80 Å². The topological polar surface area (TPSA) is 134 Å². The number of furan rings is 1. The summed E-state index contributed by atoms with van der Waals surface area (Å²) >= 11 is 0. The number of fused-ring (bicyclic) bond motifs is 5. The number of oxazole rings is 1. The molecule has 2 aliphatic heterocycles. The first-order valence-electron chi connectivity index (χ1n) is 16.5. The molecule has 1 saturated carbocycles. The van der Waals surface area contributed by atoms with E-state index in [9.17, 15) is 24.3 Å². The fraction of sp³-hybridized carbons (Fsp3) is 0.256. The van der Waals surface area contributed by atoms with Crippen molar-refractivity contribution in [3.8, 4) is 11.5 Å². The SMILES string of the molecule is CC12C(=O)N(c3ccccc3)C(=O)C1CC1C(=CCC3C(=O)N(c4ccc(-c5nc6ccccc6o5)cc4)C(=O)C31)C2c1ccc(CO)o1. The molecule has 5 aromatic rings. The summed E-state index contributed by atoms with van der Waals surface area (Å²) in [5, 5.41) is 9.82. The van der Waals surface area contributed by atoms with Crippen molar-refractivity contribution in [3.63, 3.8) is 0 Å². The fourth-order valence-corrected chi connectivity index (χ4v) is 8.78. The Balaban J connectivity index is 1.09. The van der Waals surface area contributed by atoms with Crippen LogP contribution < -0.4 is 9.80 Å². The molecule has 2 aliphatic carbocycles. The third-order valence-electron chi connectivity index (χ3n) is 11.1. The van der Waals surface area contributed by atoms with E-state index in [2.05, 4.69) is 4.98 Å². The normalized spacial score (nSPS) is 27.8. The van der Waals surface area contributed by atoms with E-state index in [1.54, 1.807) is 60.7 Å². The molecule has 10 heteroatoms. The number of hydrogen-bond donors (Lipinski definition) is 1. The van der Waals surface area contributed by atoms with Gasteiger partial charge in [-0.2, -0.15) is 0 Å². The van der Waals surface area contributed by atoms with Crippen LogP contribution >= 0.6 is 0 Å². The predicted octanol–water partition coefficient (Wildman–Crippen LogP) is 6.02. The Morgan fingerprint density at radius 1 is 0.796 bits per heavy atom. The molecule has 9 rings (SSSR count). The van der Waals surface area contributed by atoms with Crippen LogP contribution in [-0.2, 0) is 25.8 Å². The van der Waals surface area contributed by atoms with Gasteiger partial charge in [0.05, 0.1) is 40.5 Å². The maximum Gasteiger partial charge on any atom is 0.241 e. The summed E-state index contributed by atoms with van der Waals surface area (Å²) in [6.45, 7) is 1.48. The number of rotatable bonds is 5. The van der Waals surface area contributed by atoms with Gasteiger partial charge in [-0.15, -0.1) is 0 Å². The monoisotopic (exact) mass is 653 g/mol. The van der Waals surface area contributed by atoms with Crippen molar-refractivity contribution >= 4 is 46.1 Å². The van der Waals surface area contributed by atoms with Crippen LogP contribution in [0.4, 0.5) is 11.4 Å². The van der Waals surface area contributed by atoms with Crippen LogP contribution in [0.5, 0.6) is 0 Å². The highest BCUT2D eigenvalue weighted by Crippen LogP contribution is 2.63. The van der Waals surface area contributed by atoms with Gasteiger partial charge in [-0.05, 0) is 86.3 Å². The van der Waals surface area contributed by atoms with E-state index in [1.165, 1.54) is 9.80 Å². The summed E-state index contributed by atoms with van der Waals surface area (Å²) in [7, 11) is 0. The molecule has 0 spiro atoms. The lowest BCUT2D eigenvalue weighted by Crippen LogP contribution is -2.48. The highest BCUT2D eigenvalue weighted by molar-refractivity contribution is 6.25. The van der Waals surface area contributed by atoms with Gasteiger partial charge in [0.1, 0.15) is 23.6 Å². The quantitative estimate of drug-likeness (QED) is 0.180. The molecule has 1 N–H and O–H groups in total. The lowest BCUT2D eigenvalue weighted by atomic mass is 9.52. The molecule has 2 aromatic heterocycles.